The van der Waals surface area contributed by atoms with E-state index in [0.717, 1.165) is 51.2 Å². The summed E-state index contributed by atoms with van der Waals surface area (Å²) in [5.41, 5.74) is 6.67. The third kappa shape index (κ3) is 7.30. The molecule has 1 aromatic rings. The van der Waals surface area contributed by atoms with Crippen molar-refractivity contribution in [3.8, 4) is 5.75 Å². The van der Waals surface area contributed by atoms with Crippen LogP contribution in [-0.4, -0.2) is 26.4 Å². The van der Waals surface area contributed by atoms with E-state index in [1.165, 1.54) is 5.56 Å². The number of rotatable bonds is 10. The zero-order valence-electron chi connectivity index (χ0n) is 11.4. The average molecular weight is 251 g/mol. The second-order valence-electron chi connectivity index (χ2n) is 4.48. The fourth-order valence-corrected chi connectivity index (χ4v) is 1.61. The van der Waals surface area contributed by atoms with Gasteiger partial charge in [0.15, 0.2) is 0 Å². The van der Waals surface area contributed by atoms with Gasteiger partial charge in [-0.2, -0.15) is 0 Å². The summed E-state index contributed by atoms with van der Waals surface area (Å²) in [6.45, 7) is 5.18. The van der Waals surface area contributed by atoms with E-state index in [1.807, 2.05) is 12.1 Å². The van der Waals surface area contributed by atoms with Crippen LogP contribution in [0.25, 0.3) is 0 Å². The van der Waals surface area contributed by atoms with Gasteiger partial charge in [0, 0.05) is 19.6 Å². The molecule has 0 saturated carbocycles. The molecular formula is C15H25NO2. The molecule has 18 heavy (non-hydrogen) atoms. The molecule has 0 spiro atoms. The van der Waals surface area contributed by atoms with E-state index < -0.39 is 0 Å². The molecule has 0 amide bonds. The second kappa shape index (κ2) is 9.92. The number of hydrogen-bond donors (Lipinski definition) is 1. The smallest absolute Gasteiger partial charge is 0.119 e. The average Bonchev–Trinajstić information content (AvgIpc) is 2.39. The molecule has 0 aromatic heterocycles. The van der Waals surface area contributed by atoms with E-state index in [4.69, 9.17) is 15.2 Å². The minimum Gasteiger partial charge on any atom is -0.494 e. The Hall–Kier alpha value is -1.06. The summed E-state index contributed by atoms with van der Waals surface area (Å²) < 4.78 is 11.1. The van der Waals surface area contributed by atoms with E-state index in [9.17, 15) is 0 Å². The molecule has 0 radical (unpaired) electrons. The van der Waals surface area contributed by atoms with Crippen molar-refractivity contribution in [3.05, 3.63) is 29.8 Å². The Labute approximate surface area is 110 Å². The number of ether oxygens (including phenoxy) is 2. The third-order valence-electron chi connectivity index (χ3n) is 2.72. The molecule has 2 N–H and O–H groups in total. The van der Waals surface area contributed by atoms with E-state index in [2.05, 4.69) is 19.1 Å². The number of hydrogen-bond acceptors (Lipinski definition) is 3. The van der Waals surface area contributed by atoms with Crippen molar-refractivity contribution in [2.75, 3.05) is 26.4 Å². The molecule has 3 heteroatoms. The third-order valence-corrected chi connectivity index (χ3v) is 2.72. The number of benzene rings is 1. The molecular weight excluding hydrogens is 226 g/mol. The highest BCUT2D eigenvalue weighted by Gasteiger charge is 1.94. The topological polar surface area (TPSA) is 44.5 Å². The molecule has 1 aromatic carbocycles. The van der Waals surface area contributed by atoms with E-state index in [-0.39, 0.29) is 0 Å². The van der Waals surface area contributed by atoms with Crippen LogP contribution in [0.5, 0.6) is 5.75 Å². The Balaban J connectivity index is 1.91. The number of unbranched alkanes of at least 4 members (excludes halogenated alkanes) is 2. The highest BCUT2D eigenvalue weighted by Crippen LogP contribution is 2.11. The molecule has 1 rings (SSSR count). The minimum absolute atomic E-state index is 0.714. The SMILES string of the molecule is Cc1ccc(OCCCOCCCCCN)cc1. The van der Waals surface area contributed by atoms with Crippen molar-refractivity contribution in [2.45, 2.75) is 32.6 Å². The molecule has 0 bridgehead atoms. The van der Waals surface area contributed by atoms with Crippen LogP contribution >= 0.6 is 0 Å². The zero-order chi connectivity index (χ0) is 13.1. The Kier molecular flexibility index (Phi) is 8.26. The fourth-order valence-electron chi connectivity index (χ4n) is 1.61. The Morgan fingerprint density at radius 3 is 2.33 bits per heavy atom. The van der Waals surface area contributed by atoms with Gasteiger partial charge in [0.1, 0.15) is 5.75 Å². The largest absolute Gasteiger partial charge is 0.494 e. The first kappa shape index (κ1) is 15.0. The highest BCUT2D eigenvalue weighted by atomic mass is 16.5. The van der Waals surface area contributed by atoms with Crippen LogP contribution in [-0.2, 0) is 4.74 Å². The summed E-state index contributed by atoms with van der Waals surface area (Å²) in [6.07, 6.45) is 4.30. The monoisotopic (exact) mass is 251 g/mol. The maximum atomic E-state index is 5.61. The normalized spacial score (nSPS) is 10.6. The lowest BCUT2D eigenvalue weighted by Gasteiger charge is -2.07. The maximum Gasteiger partial charge on any atom is 0.119 e. The predicted octanol–water partition coefficient (Wildman–Crippen LogP) is 2.91. The van der Waals surface area contributed by atoms with Crippen LogP contribution in [0, 0.1) is 6.92 Å². The predicted molar refractivity (Wildman–Crippen MR) is 75.0 cm³/mol. The Morgan fingerprint density at radius 1 is 0.889 bits per heavy atom. The Morgan fingerprint density at radius 2 is 1.61 bits per heavy atom. The first-order valence-corrected chi connectivity index (χ1v) is 6.80. The first-order chi connectivity index (χ1) is 8.83. The summed E-state index contributed by atoms with van der Waals surface area (Å²) >= 11 is 0. The first-order valence-electron chi connectivity index (χ1n) is 6.80. The van der Waals surface area contributed by atoms with Crippen LogP contribution in [0.2, 0.25) is 0 Å². The summed E-state index contributed by atoms with van der Waals surface area (Å²) in [6, 6.07) is 8.12. The van der Waals surface area contributed by atoms with Crippen molar-refractivity contribution in [1.29, 1.82) is 0 Å². The van der Waals surface area contributed by atoms with Gasteiger partial charge >= 0.3 is 0 Å². The van der Waals surface area contributed by atoms with Crippen LogP contribution < -0.4 is 10.5 Å². The molecule has 0 aliphatic rings. The molecule has 0 aliphatic carbocycles. The fraction of sp³-hybridized carbons (Fsp3) is 0.600. The van der Waals surface area contributed by atoms with Crippen LogP contribution in [0.3, 0.4) is 0 Å². The minimum atomic E-state index is 0.714. The molecule has 0 saturated heterocycles. The molecule has 3 nitrogen and oxygen atoms in total. The number of aryl methyl sites for hydroxylation is 1. The molecule has 102 valence electrons. The Bertz CT molecular complexity index is 298. The summed E-state index contributed by atoms with van der Waals surface area (Å²) in [5, 5.41) is 0. The number of nitrogens with two attached hydrogens (primary N) is 1. The molecule has 0 atom stereocenters. The van der Waals surface area contributed by atoms with Crippen LogP contribution in [0.4, 0.5) is 0 Å². The summed E-state index contributed by atoms with van der Waals surface area (Å²) in [5.74, 6) is 0.934. The van der Waals surface area contributed by atoms with Gasteiger partial charge in [-0.05, 0) is 44.9 Å². The molecule has 0 aliphatic heterocycles. The van der Waals surface area contributed by atoms with E-state index in [0.29, 0.717) is 6.61 Å². The second-order valence-corrected chi connectivity index (χ2v) is 4.48. The van der Waals surface area contributed by atoms with Crippen LogP contribution in [0.1, 0.15) is 31.2 Å². The lowest BCUT2D eigenvalue weighted by atomic mass is 10.2. The quantitative estimate of drug-likeness (QED) is 0.650. The van der Waals surface area contributed by atoms with Gasteiger partial charge in [-0.25, -0.2) is 0 Å². The van der Waals surface area contributed by atoms with Gasteiger partial charge in [-0.1, -0.05) is 17.7 Å². The molecule has 0 heterocycles. The molecule has 0 unspecified atom stereocenters. The van der Waals surface area contributed by atoms with Gasteiger partial charge in [0.2, 0.25) is 0 Å². The van der Waals surface area contributed by atoms with Gasteiger partial charge < -0.3 is 15.2 Å². The van der Waals surface area contributed by atoms with Gasteiger partial charge in [0.25, 0.3) is 0 Å². The highest BCUT2D eigenvalue weighted by molar-refractivity contribution is 5.26. The van der Waals surface area contributed by atoms with Gasteiger partial charge in [-0.15, -0.1) is 0 Å². The van der Waals surface area contributed by atoms with Gasteiger partial charge in [-0.3, -0.25) is 0 Å². The lowest BCUT2D eigenvalue weighted by molar-refractivity contribution is 0.116. The summed E-state index contributed by atoms with van der Waals surface area (Å²) in [7, 11) is 0. The van der Waals surface area contributed by atoms with Crippen molar-refractivity contribution in [3.63, 3.8) is 0 Å². The van der Waals surface area contributed by atoms with E-state index in [1.54, 1.807) is 0 Å². The van der Waals surface area contributed by atoms with Gasteiger partial charge in [0.05, 0.1) is 6.61 Å². The van der Waals surface area contributed by atoms with Crippen molar-refractivity contribution >= 4 is 0 Å². The summed E-state index contributed by atoms with van der Waals surface area (Å²) in [4.78, 5) is 0. The lowest BCUT2D eigenvalue weighted by Crippen LogP contribution is -2.04. The molecule has 0 fully saturated rings. The van der Waals surface area contributed by atoms with E-state index >= 15 is 0 Å². The van der Waals surface area contributed by atoms with Crippen molar-refractivity contribution < 1.29 is 9.47 Å². The van der Waals surface area contributed by atoms with Crippen molar-refractivity contribution in [1.82, 2.24) is 0 Å². The maximum absolute atomic E-state index is 5.61. The van der Waals surface area contributed by atoms with Crippen LogP contribution in [0.15, 0.2) is 24.3 Å². The van der Waals surface area contributed by atoms with Crippen molar-refractivity contribution in [2.24, 2.45) is 5.73 Å². The zero-order valence-corrected chi connectivity index (χ0v) is 11.4. The standard InChI is InChI=1S/C15H25NO2/c1-14-6-8-15(9-7-14)18-13-5-12-17-11-4-2-3-10-16/h6-9H,2-5,10-13,16H2,1H3.